The van der Waals surface area contributed by atoms with Crippen molar-refractivity contribution in [3.63, 3.8) is 0 Å². The summed E-state index contributed by atoms with van der Waals surface area (Å²) in [6.45, 7) is 4.24. The van der Waals surface area contributed by atoms with E-state index in [0.29, 0.717) is 23.1 Å². The number of carbonyl (C=O) groups is 1. The lowest BCUT2D eigenvalue weighted by atomic mass is 10.2. The summed E-state index contributed by atoms with van der Waals surface area (Å²) in [6.07, 6.45) is 1.39. The molecule has 0 bridgehead atoms. The fourth-order valence-corrected chi connectivity index (χ4v) is 2.72. The fourth-order valence-electron chi connectivity index (χ4n) is 2.52. The zero-order chi connectivity index (χ0) is 19.9. The summed E-state index contributed by atoms with van der Waals surface area (Å²) < 4.78 is 5.80. The molecule has 0 aliphatic carbocycles. The molecule has 0 fully saturated rings. The topological polar surface area (TPSA) is 76.1 Å². The van der Waals surface area contributed by atoms with Gasteiger partial charge in [0.2, 0.25) is 0 Å². The average molecular weight is 397 g/mol. The number of para-hydroxylation sites is 2. The molecule has 0 aliphatic rings. The Morgan fingerprint density at radius 2 is 1.86 bits per heavy atom. The number of halogens is 1. The summed E-state index contributed by atoms with van der Waals surface area (Å²) in [7, 11) is 0. The van der Waals surface area contributed by atoms with Crippen LogP contribution in [0.2, 0.25) is 5.02 Å². The summed E-state index contributed by atoms with van der Waals surface area (Å²) in [4.78, 5) is 20.7. The number of carbonyl (C=O) groups excluding carboxylic acids is 1. The van der Waals surface area contributed by atoms with Gasteiger partial charge in [-0.1, -0.05) is 41.9 Å². The molecule has 1 heterocycles. The number of aromatic nitrogens is 2. The maximum atomic E-state index is 12.4. The molecule has 0 radical (unpaired) electrons. The van der Waals surface area contributed by atoms with Crippen LogP contribution in [0.5, 0.6) is 5.75 Å². The standard InChI is InChI=1S/C21H21ClN4O2/c1-14(2)28-19-10-6-5-9-17(19)26-20-11-18(24-13-25-20)21(27)23-12-15-7-3-4-8-16(15)22/h3-11,13-14H,12H2,1-2H3,(H,23,27)(H,24,25,26). The Hall–Kier alpha value is -3.12. The van der Waals surface area contributed by atoms with Crippen molar-refractivity contribution in [2.75, 3.05) is 5.32 Å². The molecule has 0 saturated carbocycles. The number of hydrogen-bond acceptors (Lipinski definition) is 5. The molecule has 7 heteroatoms. The molecule has 3 rings (SSSR count). The first kappa shape index (κ1) is 19.6. The van der Waals surface area contributed by atoms with Crippen LogP contribution in [0.3, 0.4) is 0 Å². The third kappa shape index (κ3) is 5.20. The molecule has 0 atom stereocenters. The highest BCUT2D eigenvalue weighted by atomic mass is 35.5. The number of anilines is 2. The Kier molecular flexibility index (Phi) is 6.45. The van der Waals surface area contributed by atoms with Crippen molar-refractivity contribution < 1.29 is 9.53 Å². The lowest BCUT2D eigenvalue weighted by Crippen LogP contribution is -2.24. The zero-order valence-electron chi connectivity index (χ0n) is 15.6. The summed E-state index contributed by atoms with van der Waals surface area (Å²) in [5.41, 5.74) is 1.86. The van der Waals surface area contributed by atoms with Crippen molar-refractivity contribution in [1.29, 1.82) is 0 Å². The number of nitrogens with one attached hydrogen (secondary N) is 2. The zero-order valence-corrected chi connectivity index (χ0v) is 16.4. The van der Waals surface area contributed by atoms with Crippen LogP contribution in [0.15, 0.2) is 60.9 Å². The first-order valence-electron chi connectivity index (χ1n) is 8.89. The molecule has 1 aromatic heterocycles. The number of hydrogen-bond donors (Lipinski definition) is 2. The van der Waals surface area contributed by atoms with Crippen molar-refractivity contribution in [2.45, 2.75) is 26.5 Å². The van der Waals surface area contributed by atoms with Crippen molar-refractivity contribution in [3.05, 3.63) is 77.2 Å². The minimum absolute atomic E-state index is 0.0412. The molecule has 28 heavy (non-hydrogen) atoms. The molecular formula is C21H21ClN4O2. The SMILES string of the molecule is CC(C)Oc1ccccc1Nc1cc(C(=O)NCc2ccccc2Cl)ncn1. The second-order valence-corrected chi connectivity index (χ2v) is 6.76. The highest BCUT2D eigenvalue weighted by Gasteiger charge is 2.11. The van der Waals surface area contributed by atoms with Gasteiger partial charge in [0, 0.05) is 17.6 Å². The highest BCUT2D eigenvalue weighted by molar-refractivity contribution is 6.31. The number of ether oxygens (including phenoxy) is 1. The van der Waals surface area contributed by atoms with Crippen LogP contribution in [-0.4, -0.2) is 22.0 Å². The van der Waals surface area contributed by atoms with Gasteiger partial charge in [-0.2, -0.15) is 0 Å². The summed E-state index contributed by atoms with van der Waals surface area (Å²) in [5, 5.41) is 6.60. The van der Waals surface area contributed by atoms with E-state index in [1.165, 1.54) is 6.33 Å². The van der Waals surface area contributed by atoms with Crippen molar-refractivity contribution in [3.8, 4) is 5.75 Å². The Labute approximate surface area is 168 Å². The molecule has 0 spiro atoms. The van der Waals surface area contributed by atoms with Gasteiger partial charge in [-0.25, -0.2) is 9.97 Å². The van der Waals surface area contributed by atoms with Gasteiger partial charge in [-0.05, 0) is 37.6 Å². The second-order valence-electron chi connectivity index (χ2n) is 6.35. The molecule has 0 aliphatic heterocycles. The van der Waals surface area contributed by atoms with Gasteiger partial charge in [0.15, 0.2) is 0 Å². The minimum atomic E-state index is -0.308. The van der Waals surface area contributed by atoms with Gasteiger partial charge in [-0.3, -0.25) is 4.79 Å². The smallest absolute Gasteiger partial charge is 0.270 e. The van der Waals surface area contributed by atoms with E-state index in [2.05, 4.69) is 20.6 Å². The van der Waals surface area contributed by atoms with Crippen LogP contribution in [-0.2, 0) is 6.54 Å². The molecule has 1 amide bonds. The van der Waals surface area contributed by atoms with E-state index in [0.717, 1.165) is 11.3 Å². The highest BCUT2D eigenvalue weighted by Crippen LogP contribution is 2.27. The molecule has 2 aromatic carbocycles. The first-order valence-corrected chi connectivity index (χ1v) is 9.27. The van der Waals surface area contributed by atoms with E-state index < -0.39 is 0 Å². The van der Waals surface area contributed by atoms with Gasteiger partial charge in [-0.15, -0.1) is 0 Å². The van der Waals surface area contributed by atoms with Gasteiger partial charge in [0.1, 0.15) is 23.6 Å². The molecule has 0 unspecified atom stereocenters. The van der Waals surface area contributed by atoms with Crippen LogP contribution in [0, 0.1) is 0 Å². The van der Waals surface area contributed by atoms with Gasteiger partial charge in [0.25, 0.3) is 5.91 Å². The Balaban J connectivity index is 1.70. The van der Waals surface area contributed by atoms with Crippen molar-refractivity contribution in [1.82, 2.24) is 15.3 Å². The number of nitrogens with zero attached hydrogens (tertiary/aromatic N) is 2. The van der Waals surface area contributed by atoms with Crippen LogP contribution in [0.1, 0.15) is 29.9 Å². The minimum Gasteiger partial charge on any atom is -0.489 e. The normalized spacial score (nSPS) is 10.6. The molecule has 144 valence electrons. The number of rotatable bonds is 7. The molecule has 3 aromatic rings. The summed E-state index contributed by atoms with van der Waals surface area (Å²) >= 11 is 6.12. The Morgan fingerprint density at radius 1 is 1.11 bits per heavy atom. The third-order valence-electron chi connectivity index (χ3n) is 3.81. The average Bonchev–Trinajstić information content (AvgIpc) is 2.68. The van der Waals surface area contributed by atoms with Gasteiger partial charge < -0.3 is 15.4 Å². The lowest BCUT2D eigenvalue weighted by Gasteiger charge is -2.15. The first-order chi connectivity index (χ1) is 13.5. The Bertz CT molecular complexity index is 962. The van der Waals surface area contributed by atoms with E-state index >= 15 is 0 Å². The predicted octanol–water partition coefficient (Wildman–Crippen LogP) is 4.59. The number of benzene rings is 2. The lowest BCUT2D eigenvalue weighted by molar-refractivity contribution is 0.0946. The third-order valence-corrected chi connectivity index (χ3v) is 4.18. The number of amides is 1. The maximum absolute atomic E-state index is 12.4. The van der Waals surface area contributed by atoms with Crippen LogP contribution < -0.4 is 15.4 Å². The second kappa shape index (κ2) is 9.19. The van der Waals surface area contributed by atoms with E-state index in [1.807, 2.05) is 56.3 Å². The largest absolute Gasteiger partial charge is 0.489 e. The monoisotopic (exact) mass is 396 g/mol. The molecular weight excluding hydrogens is 376 g/mol. The Morgan fingerprint density at radius 3 is 2.64 bits per heavy atom. The van der Waals surface area contributed by atoms with Gasteiger partial charge >= 0.3 is 0 Å². The van der Waals surface area contributed by atoms with E-state index in [1.54, 1.807) is 12.1 Å². The summed E-state index contributed by atoms with van der Waals surface area (Å²) in [5.74, 6) is 0.899. The molecule has 0 saturated heterocycles. The molecule has 2 N–H and O–H groups in total. The van der Waals surface area contributed by atoms with E-state index in [9.17, 15) is 4.79 Å². The molecule has 6 nitrogen and oxygen atoms in total. The fraction of sp³-hybridized carbons (Fsp3) is 0.190. The van der Waals surface area contributed by atoms with E-state index in [4.69, 9.17) is 16.3 Å². The van der Waals surface area contributed by atoms with Crippen LogP contribution in [0.25, 0.3) is 0 Å². The van der Waals surface area contributed by atoms with Crippen LogP contribution >= 0.6 is 11.6 Å². The van der Waals surface area contributed by atoms with Gasteiger partial charge in [0.05, 0.1) is 11.8 Å². The maximum Gasteiger partial charge on any atom is 0.270 e. The van der Waals surface area contributed by atoms with Crippen LogP contribution in [0.4, 0.5) is 11.5 Å². The van der Waals surface area contributed by atoms with Crippen molar-refractivity contribution >= 4 is 29.0 Å². The van der Waals surface area contributed by atoms with Crippen molar-refractivity contribution in [2.24, 2.45) is 0 Å². The quantitative estimate of drug-likeness (QED) is 0.610. The predicted molar refractivity (Wildman–Crippen MR) is 110 cm³/mol. The summed E-state index contributed by atoms with van der Waals surface area (Å²) in [6, 6.07) is 16.5. The van der Waals surface area contributed by atoms with E-state index in [-0.39, 0.29) is 17.7 Å².